The number of phosphoric acid groups is 2. The lowest BCUT2D eigenvalue weighted by Crippen LogP contribution is -2.30. The Morgan fingerprint density at radius 2 is 0.537 bits per heavy atom. The van der Waals surface area contributed by atoms with Gasteiger partial charge in [-0.2, -0.15) is 0 Å². The van der Waals surface area contributed by atoms with Crippen LogP contribution in [-0.2, 0) is 65.4 Å². The third-order valence-electron chi connectivity index (χ3n) is 18.4. The van der Waals surface area contributed by atoms with Crippen LogP contribution >= 0.6 is 15.6 Å². The summed E-state index contributed by atoms with van der Waals surface area (Å²) in [7, 11) is -9.91. The molecule has 0 aromatic rings. The van der Waals surface area contributed by atoms with Crippen LogP contribution in [0, 0.1) is 17.8 Å². The molecular formula is C76H148O17P2. The van der Waals surface area contributed by atoms with E-state index in [4.69, 9.17) is 37.0 Å². The topological polar surface area (TPSA) is 237 Å². The van der Waals surface area contributed by atoms with Gasteiger partial charge in [0.05, 0.1) is 26.4 Å². The highest BCUT2D eigenvalue weighted by Crippen LogP contribution is 2.45. The van der Waals surface area contributed by atoms with Crippen LogP contribution in [0.4, 0.5) is 0 Å². The number of rotatable bonds is 74. The molecule has 0 amide bonds. The normalized spacial score (nSPS) is 14.6. The van der Waals surface area contributed by atoms with E-state index in [2.05, 4.69) is 48.5 Å². The molecule has 17 nitrogen and oxygen atoms in total. The lowest BCUT2D eigenvalue weighted by molar-refractivity contribution is -0.161. The number of hydrogen-bond acceptors (Lipinski definition) is 15. The largest absolute Gasteiger partial charge is 0.472 e. The van der Waals surface area contributed by atoms with Gasteiger partial charge in [-0.05, 0) is 43.4 Å². The highest BCUT2D eigenvalue weighted by molar-refractivity contribution is 7.47. The lowest BCUT2D eigenvalue weighted by Gasteiger charge is -2.21. The number of ether oxygens (including phenoxy) is 4. The lowest BCUT2D eigenvalue weighted by atomic mass is 9.99. The van der Waals surface area contributed by atoms with Crippen molar-refractivity contribution in [3.8, 4) is 0 Å². The fraction of sp³-hybridized carbons (Fsp3) is 0.947. The maximum absolute atomic E-state index is 13.1. The number of esters is 4. The van der Waals surface area contributed by atoms with Crippen molar-refractivity contribution < 1.29 is 80.2 Å². The van der Waals surface area contributed by atoms with E-state index in [1.807, 2.05) is 0 Å². The number of carbonyl (C=O) groups is 4. The van der Waals surface area contributed by atoms with Crippen molar-refractivity contribution in [2.45, 2.75) is 407 Å². The molecule has 0 bridgehead atoms. The van der Waals surface area contributed by atoms with Crippen molar-refractivity contribution in [2.24, 2.45) is 17.8 Å². The van der Waals surface area contributed by atoms with Gasteiger partial charge in [0.25, 0.3) is 0 Å². The number of phosphoric ester groups is 2. The van der Waals surface area contributed by atoms with Crippen molar-refractivity contribution in [3.63, 3.8) is 0 Å². The molecule has 564 valence electrons. The Morgan fingerprint density at radius 1 is 0.305 bits per heavy atom. The standard InChI is InChI=1S/C76H148O17P2/c1-8-11-12-13-14-15-16-19-25-31-36-45-52-59-76(81)93-72(64-87-74(79)58-51-44-39-38-42-49-56-69(7)10-3)66-91-95(84,85)89-62-70(77)61-88-94(82,83)90-65-71(63-86-73(78)57-50-43-35-30-27-22-23-28-33-40-47-54-67(4)5)92-75(80)60-53-46-37-32-26-21-18-17-20-24-29-34-41-48-55-68(6)9-2/h67-72,77H,8-66H2,1-7H3,(H,82,83)(H,84,85)/t68?,69?,70-,71-,72-/m1/s1. The smallest absolute Gasteiger partial charge is 0.462 e. The molecule has 0 radical (unpaired) electrons. The number of unbranched alkanes of at least 4 members (excludes halogenated alkanes) is 40. The Balaban J connectivity index is 5.25. The van der Waals surface area contributed by atoms with E-state index in [-0.39, 0.29) is 25.7 Å². The van der Waals surface area contributed by atoms with Crippen LogP contribution in [-0.4, -0.2) is 96.7 Å². The summed E-state index contributed by atoms with van der Waals surface area (Å²) in [5.74, 6) is 0.231. The minimum Gasteiger partial charge on any atom is -0.462 e. The SMILES string of the molecule is CCCCCCCCCCCCCCCC(=O)O[C@H](COC(=O)CCCCCCCCC(C)CC)COP(=O)(O)OC[C@H](O)COP(=O)(O)OC[C@@H](COC(=O)CCCCCCCCCCCCCC(C)C)OC(=O)CCCCCCCCCCCCCCCCC(C)CC. The summed E-state index contributed by atoms with van der Waals surface area (Å²) in [6.45, 7) is 11.9. The van der Waals surface area contributed by atoms with Gasteiger partial charge in [0.2, 0.25) is 0 Å². The number of aliphatic hydroxyl groups excluding tert-OH is 1. The summed E-state index contributed by atoms with van der Waals surface area (Å²) in [4.78, 5) is 72.8. The Labute approximate surface area is 581 Å². The summed E-state index contributed by atoms with van der Waals surface area (Å²) < 4.78 is 68.5. The van der Waals surface area contributed by atoms with Crippen molar-refractivity contribution in [2.75, 3.05) is 39.6 Å². The van der Waals surface area contributed by atoms with Gasteiger partial charge in [-0.25, -0.2) is 9.13 Å². The third-order valence-corrected chi connectivity index (χ3v) is 20.3. The molecule has 0 rings (SSSR count). The Kier molecular flexibility index (Phi) is 65.2. The van der Waals surface area contributed by atoms with E-state index >= 15 is 0 Å². The van der Waals surface area contributed by atoms with Crippen LogP contribution in [0.1, 0.15) is 389 Å². The Hall–Kier alpha value is -1.94. The molecule has 0 aromatic heterocycles. The van der Waals surface area contributed by atoms with Gasteiger partial charge < -0.3 is 33.8 Å². The molecule has 0 saturated carbocycles. The van der Waals surface area contributed by atoms with E-state index in [1.54, 1.807) is 0 Å². The fourth-order valence-corrected chi connectivity index (χ4v) is 13.1. The second-order valence-corrected chi connectivity index (χ2v) is 31.3. The molecule has 0 saturated heterocycles. The number of carbonyl (C=O) groups excluding carboxylic acids is 4. The molecule has 0 aliphatic heterocycles. The molecule has 0 aliphatic carbocycles. The Morgan fingerprint density at radius 3 is 0.800 bits per heavy atom. The molecule has 0 heterocycles. The van der Waals surface area contributed by atoms with Crippen LogP contribution in [0.15, 0.2) is 0 Å². The number of hydrogen-bond donors (Lipinski definition) is 3. The van der Waals surface area contributed by atoms with Gasteiger partial charge in [0.15, 0.2) is 12.2 Å². The quantitative estimate of drug-likeness (QED) is 0.0222. The maximum Gasteiger partial charge on any atom is 0.472 e. The second-order valence-electron chi connectivity index (χ2n) is 28.4. The first-order valence-electron chi connectivity index (χ1n) is 39.4. The first kappa shape index (κ1) is 93.1. The van der Waals surface area contributed by atoms with Crippen LogP contribution < -0.4 is 0 Å². The van der Waals surface area contributed by atoms with E-state index in [1.165, 1.54) is 193 Å². The average Bonchev–Trinajstić information content (AvgIpc) is 1.36. The van der Waals surface area contributed by atoms with Crippen LogP contribution in [0.3, 0.4) is 0 Å². The molecule has 0 aliphatic rings. The first-order valence-corrected chi connectivity index (χ1v) is 42.4. The minimum atomic E-state index is -4.96. The summed E-state index contributed by atoms with van der Waals surface area (Å²) in [5, 5.41) is 10.6. The van der Waals surface area contributed by atoms with Crippen LogP contribution in [0.5, 0.6) is 0 Å². The summed E-state index contributed by atoms with van der Waals surface area (Å²) in [6, 6.07) is 0. The van der Waals surface area contributed by atoms with Crippen molar-refractivity contribution in [1.29, 1.82) is 0 Å². The van der Waals surface area contributed by atoms with Crippen molar-refractivity contribution in [3.05, 3.63) is 0 Å². The highest BCUT2D eigenvalue weighted by Gasteiger charge is 2.30. The van der Waals surface area contributed by atoms with E-state index in [0.717, 1.165) is 114 Å². The number of aliphatic hydroxyl groups is 1. The molecule has 0 fully saturated rings. The van der Waals surface area contributed by atoms with Crippen molar-refractivity contribution in [1.82, 2.24) is 0 Å². The first-order chi connectivity index (χ1) is 45.8. The van der Waals surface area contributed by atoms with Crippen LogP contribution in [0.2, 0.25) is 0 Å². The highest BCUT2D eigenvalue weighted by atomic mass is 31.2. The van der Waals surface area contributed by atoms with Gasteiger partial charge in [0.1, 0.15) is 19.3 Å². The fourth-order valence-electron chi connectivity index (χ4n) is 11.5. The summed E-state index contributed by atoms with van der Waals surface area (Å²) >= 11 is 0. The minimum absolute atomic E-state index is 0.107. The van der Waals surface area contributed by atoms with Gasteiger partial charge in [-0.1, -0.05) is 337 Å². The Bertz CT molecular complexity index is 1860. The molecular weight excluding hydrogens is 1250 g/mol. The zero-order valence-electron chi connectivity index (χ0n) is 62.1. The monoisotopic (exact) mass is 1400 g/mol. The molecule has 0 aromatic carbocycles. The van der Waals surface area contributed by atoms with Gasteiger partial charge in [0, 0.05) is 25.7 Å². The molecule has 19 heteroatoms. The molecule has 0 spiro atoms. The van der Waals surface area contributed by atoms with E-state index in [0.29, 0.717) is 25.7 Å². The molecule has 7 atom stereocenters. The van der Waals surface area contributed by atoms with E-state index in [9.17, 15) is 43.2 Å². The summed E-state index contributed by atoms with van der Waals surface area (Å²) in [5.41, 5.74) is 0. The zero-order valence-corrected chi connectivity index (χ0v) is 63.9. The third kappa shape index (κ3) is 67.6. The van der Waals surface area contributed by atoms with Gasteiger partial charge >= 0.3 is 39.5 Å². The van der Waals surface area contributed by atoms with Gasteiger partial charge in [-0.15, -0.1) is 0 Å². The van der Waals surface area contributed by atoms with E-state index < -0.39 is 97.5 Å². The predicted molar refractivity (Wildman–Crippen MR) is 386 cm³/mol. The van der Waals surface area contributed by atoms with Gasteiger partial charge in [-0.3, -0.25) is 37.3 Å². The molecule has 3 N–H and O–H groups in total. The molecule has 95 heavy (non-hydrogen) atoms. The second kappa shape index (κ2) is 66.6. The zero-order chi connectivity index (χ0) is 70.1. The predicted octanol–water partition coefficient (Wildman–Crippen LogP) is 22.2. The maximum atomic E-state index is 13.1. The summed E-state index contributed by atoms with van der Waals surface area (Å²) in [6.07, 6.45) is 52.6. The van der Waals surface area contributed by atoms with Crippen LogP contribution in [0.25, 0.3) is 0 Å². The average molecular weight is 1400 g/mol. The van der Waals surface area contributed by atoms with Crippen molar-refractivity contribution >= 4 is 39.5 Å². The molecule has 4 unspecified atom stereocenters.